The molecule has 4 heterocycles. The van der Waals surface area contributed by atoms with Gasteiger partial charge in [-0.15, -0.1) is 0 Å². The molecule has 0 spiro atoms. The van der Waals surface area contributed by atoms with Crippen LogP contribution in [0.1, 0.15) is 45.4 Å². The highest BCUT2D eigenvalue weighted by atomic mass is 35.5. The van der Waals surface area contributed by atoms with Crippen molar-refractivity contribution in [2.24, 2.45) is 0 Å². The van der Waals surface area contributed by atoms with Gasteiger partial charge in [-0.2, -0.15) is 10.4 Å². The molecule has 0 bridgehead atoms. The van der Waals surface area contributed by atoms with E-state index in [9.17, 15) is 14.4 Å². The molecule has 0 radical (unpaired) electrons. The standard InChI is InChI=1S/C21H23ClFN5O4S/c1-9(29)33-8-14-16-17(32-21(2,3)31-16)20(30-14)28-19-13(7-25-28)15(12(6-24)18(22)27-19)26-11-4-10(23)5-11/h7,10-11,14,16-17,20H,4-5,8H2,1-3H3,(H,26,27)/t10?,11?,14-,16-,17-,20-/m1/s1. The maximum atomic E-state index is 13.4. The number of ether oxygens (including phenoxy) is 3. The first-order chi connectivity index (χ1) is 15.7. The first-order valence-electron chi connectivity index (χ1n) is 10.7. The Kier molecular flexibility index (Phi) is 5.77. The molecular weight excluding hydrogens is 473 g/mol. The molecule has 2 aromatic rings. The van der Waals surface area contributed by atoms with Crippen molar-refractivity contribution < 1.29 is 23.4 Å². The second kappa shape index (κ2) is 8.36. The van der Waals surface area contributed by atoms with Crippen molar-refractivity contribution >= 4 is 45.2 Å². The minimum absolute atomic E-state index is 0.0129. The second-order valence-corrected chi connectivity index (χ2v) is 10.5. The predicted molar refractivity (Wildman–Crippen MR) is 120 cm³/mol. The van der Waals surface area contributed by atoms with Crippen LogP contribution in [-0.2, 0) is 19.0 Å². The first-order valence-corrected chi connectivity index (χ1v) is 12.0. The number of hydrogen-bond acceptors (Lipinski definition) is 9. The van der Waals surface area contributed by atoms with E-state index < -0.39 is 30.4 Å². The number of carbonyl (C=O) groups is 1. The fraction of sp³-hybridized carbons (Fsp3) is 0.619. The zero-order valence-corrected chi connectivity index (χ0v) is 19.8. The van der Waals surface area contributed by atoms with Gasteiger partial charge >= 0.3 is 0 Å². The van der Waals surface area contributed by atoms with Gasteiger partial charge in [-0.3, -0.25) is 4.79 Å². The number of thioether (sulfide) groups is 1. The van der Waals surface area contributed by atoms with E-state index in [1.807, 2.05) is 13.8 Å². The number of nitrogens with one attached hydrogen (secondary N) is 1. The van der Waals surface area contributed by atoms with Gasteiger partial charge in [-0.1, -0.05) is 23.4 Å². The second-order valence-electron chi connectivity index (χ2n) is 8.93. The summed E-state index contributed by atoms with van der Waals surface area (Å²) in [6.45, 7) is 5.16. The zero-order chi connectivity index (χ0) is 23.5. The average molecular weight is 496 g/mol. The molecule has 0 aromatic carbocycles. The van der Waals surface area contributed by atoms with Gasteiger partial charge in [-0.25, -0.2) is 14.1 Å². The molecule has 2 saturated heterocycles. The van der Waals surface area contributed by atoms with E-state index in [0.29, 0.717) is 35.3 Å². The van der Waals surface area contributed by atoms with Crippen molar-refractivity contribution in [3.63, 3.8) is 0 Å². The van der Waals surface area contributed by atoms with Crippen molar-refractivity contribution in [3.05, 3.63) is 16.9 Å². The lowest BCUT2D eigenvalue weighted by Gasteiger charge is -2.31. The lowest BCUT2D eigenvalue weighted by Crippen LogP contribution is -2.36. The highest BCUT2D eigenvalue weighted by molar-refractivity contribution is 8.13. The smallest absolute Gasteiger partial charge is 0.185 e. The van der Waals surface area contributed by atoms with Crippen molar-refractivity contribution in [1.29, 1.82) is 5.26 Å². The number of anilines is 1. The minimum Gasteiger partial charge on any atom is -0.380 e. The number of fused-ring (bicyclic) bond motifs is 2. The summed E-state index contributed by atoms with van der Waals surface area (Å²) < 4.78 is 33.4. The summed E-state index contributed by atoms with van der Waals surface area (Å²) in [5.74, 6) is -0.407. The number of nitriles is 1. The van der Waals surface area contributed by atoms with Crippen molar-refractivity contribution in [3.8, 4) is 6.07 Å². The van der Waals surface area contributed by atoms with Crippen molar-refractivity contribution in [2.45, 2.75) is 76.2 Å². The van der Waals surface area contributed by atoms with Crippen LogP contribution in [0.25, 0.3) is 11.0 Å². The Hall–Kier alpha value is -1.97. The van der Waals surface area contributed by atoms with Crippen LogP contribution in [-0.4, -0.2) is 61.9 Å². The lowest BCUT2D eigenvalue weighted by molar-refractivity contribution is -0.195. The molecule has 33 heavy (non-hydrogen) atoms. The summed E-state index contributed by atoms with van der Waals surface area (Å²) >= 11 is 7.52. The molecular formula is C21H23ClFN5O4S. The van der Waals surface area contributed by atoms with Gasteiger partial charge in [0, 0.05) is 18.7 Å². The fourth-order valence-corrected chi connectivity index (χ4v) is 5.41. The molecule has 9 nitrogen and oxygen atoms in total. The third kappa shape index (κ3) is 4.08. The summed E-state index contributed by atoms with van der Waals surface area (Å²) in [5.41, 5.74) is 1.08. The molecule has 4 atom stereocenters. The number of halogens is 2. The molecule has 1 saturated carbocycles. The number of rotatable bonds is 5. The van der Waals surface area contributed by atoms with E-state index in [0.717, 1.165) is 11.8 Å². The number of pyridine rings is 1. The zero-order valence-electron chi connectivity index (χ0n) is 18.2. The van der Waals surface area contributed by atoms with Gasteiger partial charge in [0.15, 0.2) is 27.9 Å². The van der Waals surface area contributed by atoms with E-state index in [1.165, 1.54) is 6.92 Å². The van der Waals surface area contributed by atoms with E-state index >= 15 is 0 Å². The van der Waals surface area contributed by atoms with Crippen molar-refractivity contribution in [1.82, 2.24) is 14.8 Å². The molecule has 2 aliphatic heterocycles. The molecule has 176 valence electrons. The Morgan fingerprint density at radius 2 is 2.15 bits per heavy atom. The Bertz CT molecular complexity index is 1150. The molecule has 12 heteroatoms. The largest absolute Gasteiger partial charge is 0.380 e. The van der Waals surface area contributed by atoms with E-state index in [-0.39, 0.29) is 28.0 Å². The lowest BCUT2D eigenvalue weighted by atomic mass is 9.90. The number of hydrogen-bond donors (Lipinski definition) is 1. The third-order valence-corrected chi connectivity index (χ3v) is 7.23. The highest BCUT2D eigenvalue weighted by Crippen LogP contribution is 2.45. The van der Waals surface area contributed by atoms with Gasteiger partial charge < -0.3 is 19.5 Å². The van der Waals surface area contributed by atoms with Gasteiger partial charge in [0.05, 0.1) is 23.4 Å². The number of alkyl halides is 1. The molecule has 1 N–H and O–H groups in total. The normalized spacial score (nSPS) is 32.4. The van der Waals surface area contributed by atoms with Crippen LogP contribution in [0.5, 0.6) is 0 Å². The summed E-state index contributed by atoms with van der Waals surface area (Å²) in [6, 6.07) is 1.99. The van der Waals surface area contributed by atoms with E-state index in [4.69, 9.17) is 25.8 Å². The van der Waals surface area contributed by atoms with Gasteiger partial charge in [0.25, 0.3) is 0 Å². The van der Waals surface area contributed by atoms with E-state index in [1.54, 1.807) is 10.9 Å². The first kappa shape index (κ1) is 22.8. The topological polar surface area (TPSA) is 111 Å². The molecule has 2 aromatic heterocycles. The molecule has 0 unspecified atom stereocenters. The monoisotopic (exact) mass is 495 g/mol. The van der Waals surface area contributed by atoms with Crippen molar-refractivity contribution in [2.75, 3.05) is 11.1 Å². The Balaban J connectivity index is 1.52. The molecule has 3 fully saturated rings. The van der Waals surface area contributed by atoms with Gasteiger partial charge in [-0.05, 0) is 26.7 Å². The SMILES string of the molecule is CC(=O)SC[C@H]1O[C@@H](n2ncc3c(NC4CC(F)C4)c(C#N)c(Cl)nc32)[C@@H]2OC(C)(C)O[C@@H]21. The summed E-state index contributed by atoms with van der Waals surface area (Å²) in [5, 5.41) is 18.0. The molecule has 1 aliphatic carbocycles. The summed E-state index contributed by atoms with van der Waals surface area (Å²) in [4.78, 5) is 15.9. The summed E-state index contributed by atoms with van der Waals surface area (Å²) in [6.07, 6.45) is -0.457. The van der Waals surface area contributed by atoms with E-state index in [2.05, 4.69) is 21.5 Å². The van der Waals surface area contributed by atoms with Crippen LogP contribution >= 0.6 is 23.4 Å². The summed E-state index contributed by atoms with van der Waals surface area (Å²) in [7, 11) is 0. The van der Waals surface area contributed by atoms with Crippen LogP contribution in [0.15, 0.2) is 6.20 Å². The minimum atomic E-state index is -0.847. The highest BCUT2D eigenvalue weighted by Gasteiger charge is 2.56. The molecule has 0 amide bonds. The third-order valence-electron chi connectivity index (χ3n) is 6.06. The molecule has 3 aliphatic rings. The maximum Gasteiger partial charge on any atom is 0.185 e. The Morgan fingerprint density at radius 3 is 2.82 bits per heavy atom. The Morgan fingerprint density at radius 1 is 1.42 bits per heavy atom. The van der Waals surface area contributed by atoms with Gasteiger partial charge in [0.1, 0.15) is 30.0 Å². The van der Waals surface area contributed by atoms with Gasteiger partial charge in [0.2, 0.25) is 0 Å². The number of nitrogens with zero attached hydrogens (tertiary/aromatic N) is 4. The van der Waals surface area contributed by atoms with Crippen LogP contribution in [0.3, 0.4) is 0 Å². The Labute approximate surface area is 198 Å². The van der Waals surface area contributed by atoms with Crippen LogP contribution in [0, 0.1) is 11.3 Å². The number of aromatic nitrogens is 3. The molecule has 5 rings (SSSR count). The average Bonchev–Trinajstić information content (AvgIpc) is 3.35. The maximum absolute atomic E-state index is 13.4. The quantitative estimate of drug-likeness (QED) is 0.622. The predicted octanol–water partition coefficient (Wildman–Crippen LogP) is 3.57. The van der Waals surface area contributed by atoms with Crippen LogP contribution < -0.4 is 5.32 Å². The number of carbonyl (C=O) groups excluding carboxylic acids is 1. The van der Waals surface area contributed by atoms with Crippen LogP contribution in [0.2, 0.25) is 5.15 Å². The fourth-order valence-electron chi connectivity index (χ4n) is 4.53. The van der Waals surface area contributed by atoms with Crippen LogP contribution in [0.4, 0.5) is 10.1 Å².